The standard InChI is InChI=1S/C41H54N8O14S/c1-18-33(53)44-27-14-25-24-10-8-9-11-26(24)47-39(25)64-16-29(40(59)49-13-12-30(63-23(6)52)32(49)38(58)43-18)46-37(57)31(20(3)62-22(5)51)48-34(54)19(2)42-36(56)28(45-35(27)55)15-41(7,60)17-61-21(4)50/h8-11,18-20,27-32,47,60H,12-17H2,1-7H3,(H,42,56)(H,43,58)(H,44,53)(H,45,55)(H,46,57)(H,48,54). The summed E-state index contributed by atoms with van der Waals surface area (Å²) in [5, 5.41) is 27.7. The van der Waals surface area contributed by atoms with Gasteiger partial charge in [-0.3, -0.25) is 47.9 Å². The van der Waals surface area contributed by atoms with Gasteiger partial charge in [0.25, 0.3) is 0 Å². The fourth-order valence-corrected chi connectivity index (χ4v) is 8.77. The maximum atomic E-state index is 14.8. The molecular weight excluding hydrogens is 861 g/mol. The Bertz CT molecular complexity index is 2200. The van der Waals surface area contributed by atoms with Crippen LogP contribution in [0.1, 0.15) is 66.9 Å². The van der Waals surface area contributed by atoms with Crippen LogP contribution in [0.5, 0.6) is 0 Å². The molecule has 0 spiro atoms. The SMILES string of the molecule is CC(=O)OCC(C)(O)CC1NC(=O)C2Cc3c([nH]c4ccccc34)SCC(NC(=O)C(C(C)OC(C)=O)NC(=O)C(C)NC1=O)C(=O)N1CCC(OC(C)=O)C1C(=O)NC(C)C(=O)N2. The molecule has 64 heavy (non-hydrogen) atoms. The maximum Gasteiger partial charge on any atom is 0.302 e. The number of aromatic amines is 1. The molecule has 1 aromatic carbocycles. The van der Waals surface area contributed by atoms with Gasteiger partial charge in [0.15, 0.2) is 0 Å². The normalized spacial score (nSPS) is 27.8. The van der Waals surface area contributed by atoms with Crippen molar-refractivity contribution in [1.82, 2.24) is 41.8 Å². The molecule has 2 aromatic rings. The van der Waals surface area contributed by atoms with Gasteiger partial charge in [-0.25, -0.2) is 0 Å². The molecule has 8 N–H and O–H groups in total. The first kappa shape index (κ1) is 48.8. The lowest BCUT2D eigenvalue weighted by Crippen LogP contribution is -2.62. The van der Waals surface area contributed by atoms with Crippen LogP contribution < -0.4 is 31.9 Å². The van der Waals surface area contributed by atoms with E-state index in [9.17, 15) is 53.1 Å². The minimum atomic E-state index is -1.94. The lowest BCUT2D eigenvalue weighted by Gasteiger charge is -2.32. The van der Waals surface area contributed by atoms with Crippen molar-refractivity contribution in [2.45, 2.75) is 133 Å². The number of rotatable bonds is 7. The van der Waals surface area contributed by atoms with Gasteiger partial charge in [0, 0.05) is 63.2 Å². The average Bonchev–Trinajstić information content (AvgIpc) is 3.78. The number of hydrogen-bond donors (Lipinski definition) is 8. The topological polar surface area (TPSA) is 310 Å². The van der Waals surface area contributed by atoms with Crippen molar-refractivity contribution >= 4 is 81.9 Å². The van der Waals surface area contributed by atoms with Crippen LogP contribution in [0.3, 0.4) is 0 Å². The van der Waals surface area contributed by atoms with E-state index >= 15 is 0 Å². The molecule has 5 rings (SSSR count). The van der Waals surface area contributed by atoms with Gasteiger partial charge < -0.3 is 61.1 Å². The highest BCUT2D eigenvalue weighted by atomic mass is 32.2. The van der Waals surface area contributed by atoms with Crippen molar-refractivity contribution in [3.8, 4) is 0 Å². The minimum Gasteiger partial charge on any atom is -0.463 e. The molecule has 10 atom stereocenters. The highest BCUT2D eigenvalue weighted by Crippen LogP contribution is 2.33. The summed E-state index contributed by atoms with van der Waals surface area (Å²) in [6.45, 7) is 7.73. The third kappa shape index (κ3) is 12.1. The number of para-hydroxylation sites is 1. The number of amides is 7. The van der Waals surface area contributed by atoms with Gasteiger partial charge in [0.05, 0.1) is 10.6 Å². The van der Waals surface area contributed by atoms with Gasteiger partial charge in [-0.1, -0.05) is 18.2 Å². The van der Waals surface area contributed by atoms with Gasteiger partial charge in [-0.2, -0.15) is 0 Å². The van der Waals surface area contributed by atoms with Gasteiger partial charge in [-0.05, 0) is 39.3 Å². The van der Waals surface area contributed by atoms with Crippen molar-refractivity contribution in [2.75, 3.05) is 18.9 Å². The van der Waals surface area contributed by atoms with E-state index < -0.39 is 132 Å². The monoisotopic (exact) mass is 914 g/mol. The number of thioether (sulfide) groups is 1. The van der Waals surface area contributed by atoms with E-state index in [1.807, 2.05) is 0 Å². The molecule has 1 fully saturated rings. The third-order valence-electron chi connectivity index (χ3n) is 10.8. The van der Waals surface area contributed by atoms with E-state index in [1.165, 1.54) is 27.7 Å². The van der Waals surface area contributed by atoms with Crippen LogP contribution in [0.2, 0.25) is 0 Å². The van der Waals surface area contributed by atoms with Crippen LogP contribution in [0.25, 0.3) is 10.9 Å². The molecule has 0 radical (unpaired) electrons. The zero-order chi connectivity index (χ0) is 47.2. The minimum absolute atomic E-state index is 0.00686. The number of carbonyl (C=O) groups is 10. The molecule has 10 unspecified atom stereocenters. The fourth-order valence-electron chi connectivity index (χ4n) is 7.66. The first-order valence-corrected chi connectivity index (χ1v) is 21.6. The van der Waals surface area contributed by atoms with E-state index in [0.717, 1.165) is 37.4 Å². The number of aromatic nitrogens is 1. The summed E-state index contributed by atoms with van der Waals surface area (Å²) in [6.07, 6.45) is -3.36. The summed E-state index contributed by atoms with van der Waals surface area (Å²) in [5.41, 5.74) is -0.868. The largest absolute Gasteiger partial charge is 0.463 e. The summed E-state index contributed by atoms with van der Waals surface area (Å²) in [4.78, 5) is 140. The number of carbonyl (C=O) groups excluding carboxylic acids is 10. The molecule has 0 saturated carbocycles. The molecule has 1 saturated heterocycles. The van der Waals surface area contributed by atoms with E-state index in [2.05, 4.69) is 36.9 Å². The lowest BCUT2D eigenvalue weighted by atomic mass is 9.96. The van der Waals surface area contributed by atoms with Crippen LogP contribution in [-0.2, 0) is 68.6 Å². The van der Waals surface area contributed by atoms with Gasteiger partial charge in [0.2, 0.25) is 41.4 Å². The van der Waals surface area contributed by atoms with Crippen LogP contribution in [0, 0.1) is 0 Å². The maximum absolute atomic E-state index is 14.8. The van der Waals surface area contributed by atoms with Crippen molar-refractivity contribution in [3.05, 3.63) is 29.8 Å². The van der Waals surface area contributed by atoms with Gasteiger partial charge in [0.1, 0.15) is 61.1 Å². The first-order valence-electron chi connectivity index (χ1n) is 20.6. The fraction of sp³-hybridized carbons (Fsp3) is 0.561. The number of benzene rings is 1. The number of aliphatic hydroxyl groups is 1. The number of esters is 3. The Labute approximate surface area is 371 Å². The molecule has 3 aliphatic rings. The predicted octanol–water partition coefficient (Wildman–Crippen LogP) is -2.03. The average molecular weight is 915 g/mol. The quantitative estimate of drug-likeness (QED) is 0.110. The molecule has 4 heterocycles. The summed E-state index contributed by atoms with van der Waals surface area (Å²) >= 11 is 1.05. The van der Waals surface area contributed by atoms with Crippen LogP contribution in [0.15, 0.2) is 29.3 Å². The van der Waals surface area contributed by atoms with E-state index in [1.54, 1.807) is 24.3 Å². The Morgan fingerprint density at radius 3 is 2.11 bits per heavy atom. The van der Waals surface area contributed by atoms with Gasteiger partial charge in [-0.15, -0.1) is 11.8 Å². The summed E-state index contributed by atoms with van der Waals surface area (Å²) < 4.78 is 15.8. The van der Waals surface area contributed by atoms with E-state index in [0.29, 0.717) is 21.5 Å². The van der Waals surface area contributed by atoms with Crippen molar-refractivity contribution in [3.63, 3.8) is 0 Å². The molecule has 23 heteroatoms. The molecule has 348 valence electrons. The molecule has 3 aliphatic heterocycles. The molecule has 1 aromatic heterocycles. The summed E-state index contributed by atoms with van der Waals surface area (Å²) in [6, 6.07) is -3.65. The summed E-state index contributed by atoms with van der Waals surface area (Å²) in [5.74, 6) is -9.03. The summed E-state index contributed by atoms with van der Waals surface area (Å²) in [7, 11) is 0. The molecule has 7 amide bonds. The van der Waals surface area contributed by atoms with Crippen molar-refractivity contribution < 1.29 is 67.3 Å². The van der Waals surface area contributed by atoms with E-state index in [-0.39, 0.29) is 25.1 Å². The molecule has 0 aliphatic carbocycles. The Kier molecular flexibility index (Phi) is 15.6. The lowest BCUT2D eigenvalue weighted by molar-refractivity contribution is -0.153. The Morgan fingerprint density at radius 1 is 0.812 bits per heavy atom. The van der Waals surface area contributed by atoms with Crippen LogP contribution in [-0.4, -0.2) is 153 Å². The van der Waals surface area contributed by atoms with Crippen molar-refractivity contribution in [2.24, 2.45) is 0 Å². The second kappa shape index (κ2) is 20.5. The zero-order valence-corrected chi connectivity index (χ0v) is 37.2. The Morgan fingerprint density at radius 2 is 1.45 bits per heavy atom. The van der Waals surface area contributed by atoms with Crippen molar-refractivity contribution in [1.29, 1.82) is 0 Å². The smallest absolute Gasteiger partial charge is 0.302 e. The van der Waals surface area contributed by atoms with Crippen LogP contribution >= 0.6 is 11.8 Å². The Hall–Kier alpha value is -6.23. The second-order valence-electron chi connectivity index (χ2n) is 16.3. The predicted molar refractivity (Wildman–Crippen MR) is 224 cm³/mol. The first-order chi connectivity index (χ1) is 30.0. The number of fused-ring (bicyclic) bond motifs is 5. The highest BCUT2D eigenvalue weighted by molar-refractivity contribution is 7.99. The molecule has 22 nitrogen and oxygen atoms in total. The van der Waals surface area contributed by atoms with E-state index in [4.69, 9.17) is 14.2 Å². The second-order valence-corrected chi connectivity index (χ2v) is 17.4. The number of nitrogens with zero attached hydrogens (tertiary/aromatic N) is 1. The number of H-pyrrole nitrogens is 1. The van der Waals surface area contributed by atoms with Crippen LogP contribution in [0.4, 0.5) is 0 Å². The molecular formula is C41H54N8O14S. The zero-order valence-electron chi connectivity index (χ0n) is 36.4. The highest BCUT2D eigenvalue weighted by Gasteiger charge is 2.47. The Balaban J connectivity index is 1.71. The molecule has 2 bridgehead atoms. The number of nitrogens with one attached hydrogen (secondary N) is 7. The third-order valence-corrected chi connectivity index (χ3v) is 11.9. The number of hydrogen-bond acceptors (Lipinski definition) is 15. The number of ether oxygens (including phenoxy) is 3. The van der Waals surface area contributed by atoms with Gasteiger partial charge >= 0.3 is 17.9 Å².